The van der Waals surface area contributed by atoms with Crippen molar-refractivity contribution in [2.24, 2.45) is 17.1 Å². The number of ketones is 1. The predicted octanol–water partition coefficient (Wildman–Crippen LogP) is 3.88. The van der Waals surface area contributed by atoms with Crippen LogP contribution in [-0.2, 0) is 43.9 Å². The molecule has 1 aliphatic carbocycles. The number of nitrogen functional groups attached to an aromatic ring is 1. The van der Waals surface area contributed by atoms with Crippen molar-refractivity contribution in [2.45, 2.75) is 84.0 Å². The Kier molecular flexibility index (Phi) is 14.3. The van der Waals surface area contributed by atoms with E-state index in [1.54, 1.807) is 4.90 Å². The zero-order valence-corrected chi connectivity index (χ0v) is 24.4. The molecule has 3 rings (SSSR count). The molecular weight excluding hydrogens is 552 g/mol. The van der Waals surface area contributed by atoms with Crippen molar-refractivity contribution in [1.82, 2.24) is 10.2 Å². The topological polar surface area (TPSA) is 136 Å². The van der Waals surface area contributed by atoms with Gasteiger partial charge in [0.2, 0.25) is 17.6 Å². The Morgan fingerprint density at radius 3 is 2.13 bits per heavy atom. The van der Waals surface area contributed by atoms with Gasteiger partial charge in [0.05, 0.1) is 11.6 Å². The number of hydrogen-bond acceptors (Lipinski definition) is 5. The zero-order chi connectivity index (χ0) is 28.0. The second kappa shape index (κ2) is 15.3. The summed E-state index contributed by atoms with van der Waals surface area (Å²) in [5.74, 6) is -1.85. The number of rotatable bonds is 7. The fraction of sp³-hybridized carbons (Fsp3) is 0.593. The molecule has 2 unspecified atom stereocenters. The first-order chi connectivity index (χ1) is 17.1. The van der Waals surface area contributed by atoms with Crippen LogP contribution in [0.1, 0.15) is 71.3 Å². The van der Waals surface area contributed by atoms with E-state index in [1.807, 2.05) is 20.8 Å². The Morgan fingerprint density at radius 1 is 1.08 bits per heavy atom. The van der Waals surface area contributed by atoms with Gasteiger partial charge in [-0.3, -0.25) is 19.2 Å². The molecule has 39 heavy (non-hydrogen) atoms. The van der Waals surface area contributed by atoms with Crippen LogP contribution in [0.15, 0.2) is 24.3 Å². The van der Waals surface area contributed by atoms with E-state index in [9.17, 15) is 32.3 Å². The number of amides is 3. The van der Waals surface area contributed by atoms with Crippen LogP contribution in [0.25, 0.3) is 0 Å². The third-order valence-corrected chi connectivity index (χ3v) is 6.44. The van der Waals surface area contributed by atoms with E-state index in [4.69, 9.17) is 11.5 Å². The number of carbonyl (C=O) groups excluding carboxylic acids is 4. The summed E-state index contributed by atoms with van der Waals surface area (Å²) in [6.45, 7) is 6.49. The van der Waals surface area contributed by atoms with E-state index in [0.717, 1.165) is 37.8 Å². The summed E-state index contributed by atoms with van der Waals surface area (Å²) in [6, 6.07) is 3.11. The molecule has 2 fully saturated rings. The standard InChI is InChI=1S/C19H31N3O4.C7H6F3N.CH3.V/c1-19(2,3)11-15(23)22-9-5-8-14(22)18(26)21-13(16(24)17(20)25)10-12-6-4-7-12;8-7(9,10)5-2-1-3-6(11)4-5;;/h12-14H,4-11H2,1-3H3,(H2,20,25)(H,21,26);1-4H,11H2;1H3;/q;;-1;. The molecule has 3 amide bonds. The van der Waals surface area contributed by atoms with E-state index in [-0.39, 0.29) is 48.9 Å². The number of nitrogens with zero attached hydrogens (tertiary/aromatic N) is 1. The van der Waals surface area contributed by atoms with Crippen LogP contribution >= 0.6 is 0 Å². The molecule has 0 spiro atoms. The van der Waals surface area contributed by atoms with Gasteiger partial charge in [0, 0.05) is 37.2 Å². The number of Topliss-reactive ketones (excluding diaryl/α,β-unsaturated/α-hetero) is 1. The third-order valence-electron chi connectivity index (χ3n) is 6.44. The van der Waals surface area contributed by atoms with Gasteiger partial charge in [0.15, 0.2) is 0 Å². The number of alkyl halides is 3. The third kappa shape index (κ3) is 11.6. The van der Waals surface area contributed by atoms with Gasteiger partial charge in [0.1, 0.15) is 6.04 Å². The van der Waals surface area contributed by atoms with Gasteiger partial charge in [-0.1, -0.05) is 46.1 Å². The molecular formula is C27H40F3N4O4V-. The van der Waals surface area contributed by atoms with Crippen molar-refractivity contribution in [3.8, 4) is 0 Å². The van der Waals surface area contributed by atoms with Gasteiger partial charge >= 0.3 is 6.18 Å². The minimum atomic E-state index is -4.30. The summed E-state index contributed by atoms with van der Waals surface area (Å²) < 4.78 is 35.7. The van der Waals surface area contributed by atoms with Crippen LogP contribution in [0.3, 0.4) is 0 Å². The SMILES string of the molecule is CC(C)(C)CC(=O)N1CCCC1C(=O)NC(CC1CCC1)C(=O)C(N)=O.Nc1cccc(C(F)(F)F)c1.[CH3-].[V]. The van der Waals surface area contributed by atoms with Crippen LogP contribution < -0.4 is 16.8 Å². The molecule has 0 bridgehead atoms. The molecule has 8 nitrogen and oxygen atoms in total. The number of benzene rings is 1. The summed E-state index contributed by atoms with van der Waals surface area (Å²) in [5, 5.41) is 2.70. The first-order valence-electron chi connectivity index (χ1n) is 12.4. The van der Waals surface area contributed by atoms with Gasteiger partial charge in [0.25, 0.3) is 5.91 Å². The monoisotopic (exact) mass is 592 g/mol. The van der Waals surface area contributed by atoms with Crippen LogP contribution in [-0.4, -0.2) is 47.0 Å². The maximum atomic E-state index is 12.7. The van der Waals surface area contributed by atoms with Crippen LogP contribution in [0.2, 0.25) is 0 Å². The first kappa shape index (κ1) is 36.5. The maximum Gasteiger partial charge on any atom is 0.416 e. The number of primary amides is 1. The summed E-state index contributed by atoms with van der Waals surface area (Å²) in [5.41, 5.74) is 9.55. The van der Waals surface area contributed by atoms with Crippen molar-refractivity contribution in [3.63, 3.8) is 0 Å². The quantitative estimate of drug-likeness (QED) is 0.251. The van der Waals surface area contributed by atoms with E-state index < -0.39 is 35.5 Å². The van der Waals surface area contributed by atoms with Gasteiger partial charge in [-0.25, -0.2) is 0 Å². The zero-order valence-electron chi connectivity index (χ0n) is 23.0. The van der Waals surface area contributed by atoms with Crippen molar-refractivity contribution in [3.05, 3.63) is 37.3 Å². The molecule has 219 valence electrons. The van der Waals surface area contributed by atoms with Crippen molar-refractivity contribution in [2.75, 3.05) is 12.3 Å². The molecule has 5 N–H and O–H groups in total. The average Bonchev–Trinajstić information content (AvgIpc) is 3.24. The number of likely N-dealkylation sites (tertiary alicyclic amines) is 1. The Bertz CT molecular complexity index is 994. The fourth-order valence-corrected chi connectivity index (χ4v) is 4.34. The number of nitrogens with two attached hydrogens (primary N) is 2. The number of hydrogen-bond donors (Lipinski definition) is 3. The molecule has 1 aromatic carbocycles. The number of anilines is 1. The second-order valence-electron chi connectivity index (χ2n) is 10.9. The number of carbonyl (C=O) groups is 4. The van der Waals surface area contributed by atoms with E-state index in [2.05, 4.69) is 5.32 Å². The molecule has 2 atom stereocenters. The Hall–Kier alpha value is -2.53. The average molecular weight is 593 g/mol. The van der Waals surface area contributed by atoms with Gasteiger partial charge in [-0.2, -0.15) is 13.2 Å². The normalized spacial score (nSPS) is 17.8. The fourth-order valence-electron chi connectivity index (χ4n) is 4.34. The Morgan fingerprint density at radius 2 is 1.69 bits per heavy atom. The van der Waals surface area contributed by atoms with Crippen molar-refractivity contribution >= 4 is 29.2 Å². The van der Waals surface area contributed by atoms with Crippen molar-refractivity contribution < 1.29 is 50.9 Å². The van der Waals surface area contributed by atoms with Gasteiger partial charge in [-0.15, -0.1) is 0 Å². The summed E-state index contributed by atoms with van der Waals surface area (Å²) >= 11 is 0. The van der Waals surface area contributed by atoms with Crippen LogP contribution in [0.4, 0.5) is 18.9 Å². The minimum Gasteiger partial charge on any atom is -0.399 e. The molecule has 0 aromatic heterocycles. The molecule has 1 saturated carbocycles. The summed E-state index contributed by atoms with van der Waals surface area (Å²) in [7, 11) is 0. The van der Waals surface area contributed by atoms with Crippen molar-refractivity contribution in [1.29, 1.82) is 0 Å². The molecule has 2 aliphatic rings. The second-order valence-corrected chi connectivity index (χ2v) is 10.9. The molecule has 1 heterocycles. The Labute approximate surface area is 240 Å². The van der Waals surface area contributed by atoms with Crippen LogP contribution in [0, 0.1) is 18.8 Å². The molecule has 1 radical (unpaired) electrons. The van der Waals surface area contributed by atoms with Gasteiger partial charge < -0.3 is 29.1 Å². The molecule has 1 aromatic rings. The minimum absolute atomic E-state index is 0. The van der Waals surface area contributed by atoms with E-state index in [0.29, 0.717) is 31.7 Å². The molecule has 12 heteroatoms. The predicted molar refractivity (Wildman–Crippen MR) is 139 cm³/mol. The number of halogens is 3. The summed E-state index contributed by atoms with van der Waals surface area (Å²) in [6.07, 6.45) is 0.936. The van der Waals surface area contributed by atoms with Crippen LogP contribution in [0.5, 0.6) is 0 Å². The first-order valence-corrected chi connectivity index (χ1v) is 12.4. The summed E-state index contributed by atoms with van der Waals surface area (Å²) in [4.78, 5) is 50.3. The van der Waals surface area contributed by atoms with Gasteiger partial charge in [-0.05, 0) is 48.8 Å². The van der Waals surface area contributed by atoms with E-state index >= 15 is 0 Å². The number of nitrogens with one attached hydrogen (secondary N) is 1. The maximum absolute atomic E-state index is 12.7. The smallest absolute Gasteiger partial charge is 0.399 e. The Balaban J connectivity index is 0.000000939. The molecule has 1 aliphatic heterocycles. The van der Waals surface area contributed by atoms with E-state index in [1.165, 1.54) is 12.1 Å². The molecule has 1 saturated heterocycles. The largest absolute Gasteiger partial charge is 0.416 e.